The summed E-state index contributed by atoms with van der Waals surface area (Å²) in [5.41, 5.74) is 4.22. The lowest BCUT2D eigenvalue weighted by Gasteiger charge is -2.31. The summed E-state index contributed by atoms with van der Waals surface area (Å²) in [6, 6.07) is 4.44. The van der Waals surface area contributed by atoms with E-state index in [1.807, 2.05) is 6.20 Å². The first-order valence-electron chi connectivity index (χ1n) is 5.91. The largest absolute Gasteiger partial charge is 0.360 e. The lowest BCUT2D eigenvalue weighted by atomic mass is 9.91. The molecular formula is C14H22N2. The molecule has 0 aliphatic heterocycles. The highest BCUT2D eigenvalue weighted by atomic mass is 15.1. The van der Waals surface area contributed by atoms with E-state index in [0.29, 0.717) is 0 Å². The van der Waals surface area contributed by atoms with Crippen molar-refractivity contribution in [1.29, 1.82) is 0 Å². The zero-order chi connectivity index (χ0) is 12.1. The molecule has 0 amide bonds. The zero-order valence-corrected chi connectivity index (χ0v) is 11.2. The van der Waals surface area contributed by atoms with E-state index < -0.39 is 0 Å². The molecule has 0 radical (unpaired) electrons. The van der Waals surface area contributed by atoms with Crippen LogP contribution in [-0.4, -0.2) is 9.55 Å². The van der Waals surface area contributed by atoms with Gasteiger partial charge in [-0.2, -0.15) is 0 Å². The van der Waals surface area contributed by atoms with Crippen molar-refractivity contribution in [2.24, 2.45) is 0 Å². The van der Waals surface area contributed by atoms with Crippen LogP contribution in [-0.2, 0) is 11.0 Å². The Morgan fingerprint density at radius 1 is 1.06 bits per heavy atom. The Morgan fingerprint density at radius 3 is 2.19 bits per heavy atom. The zero-order valence-electron chi connectivity index (χ0n) is 11.2. The van der Waals surface area contributed by atoms with Gasteiger partial charge in [-0.25, -0.2) is 0 Å². The fourth-order valence-corrected chi connectivity index (χ4v) is 2.29. The fourth-order valence-electron chi connectivity index (χ4n) is 2.29. The van der Waals surface area contributed by atoms with Crippen molar-refractivity contribution in [2.75, 3.05) is 0 Å². The molecule has 16 heavy (non-hydrogen) atoms. The Balaban J connectivity index is 2.79. The summed E-state index contributed by atoms with van der Waals surface area (Å²) in [6.45, 7) is 13.6. The van der Waals surface area contributed by atoms with Gasteiger partial charge in [0.15, 0.2) is 0 Å². The first-order valence-corrected chi connectivity index (χ1v) is 5.91. The van der Waals surface area contributed by atoms with Crippen LogP contribution in [0.15, 0.2) is 18.3 Å². The van der Waals surface area contributed by atoms with Gasteiger partial charge in [0.1, 0.15) is 0 Å². The van der Waals surface area contributed by atoms with Crippen LogP contribution in [0.4, 0.5) is 0 Å². The smallest absolute Gasteiger partial charge is 0.0667 e. The van der Waals surface area contributed by atoms with Crippen molar-refractivity contribution in [3.05, 3.63) is 24.0 Å². The summed E-state index contributed by atoms with van der Waals surface area (Å²) in [5.74, 6) is 0. The molecule has 2 rings (SSSR count). The third-order valence-corrected chi connectivity index (χ3v) is 2.96. The van der Waals surface area contributed by atoms with Crippen LogP contribution in [0.3, 0.4) is 0 Å². The van der Waals surface area contributed by atoms with Crippen molar-refractivity contribution >= 4 is 11.0 Å². The number of nitrogens with zero attached hydrogens (tertiary/aromatic N) is 1. The summed E-state index contributed by atoms with van der Waals surface area (Å²) in [6.07, 6.45) is 2.01. The lowest BCUT2D eigenvalue weighted by molar-refractivity contribution is 0.372. The predicted molar refractivity (Wildman–Crippen MR) is 70.0 cm³/mol. The van der Waals surface area contributed by atoms with Crippen molar-refractivity contribution in [3.63, 3.8) is 0 Å². The van der Waals surface area contributed by atoms with Crippen LogP contribution in [0.2, 0.25) is 0 Å². The topological polar surface area (TPSA) is 20.7 Å². The Labute approximate surface area is 97.7 Å². The van der Waals surface area contributed by atoms with Gasteiger partial charge in [0, 0.05) is 22.8 Å². The molecule has 0 aromatic carbocycles. The molecule has 2 heteroatoms. The molecule has 2 aromatic rings. The van der Waals surface area contributed by atoms with Crippen LogP contribution >= 0.6 is 0 Å². The van der Waals surface area contributed by atoms with Crippen molar-refractivity contribution in [1.82, 2.24) is 9.55 Å². The van der Waals surface area contributed by atoms with Gasteiger partial charge < -0.3 is 9.55 Å². The lowest BCUT2D eigenvalue weighted by Crippen LogP contribution is -2.28. The number of hydrogen-bond acceptors (Lipinski definition) is 0. The summed E-state index contributed by atoms with van der Waals surface area (Å²) < 4.78 is 2.44. The predicted octanol–water partition coefficient (Wildman–Crippen LogP) is 4.02. The van der Waals surface area contributed by atoms with E-state index in [4.69, 9.17) is 0 Å². The summed E-state index contributed by atoms with van der Waals surface area (Å²) >= 11 is 0. The van der Waals surface area contributed by atoms with E-state index in [1.54, 1.807) is 0 Å². The van der Waals surface area contributed by atoms with Crippen molar-refractivity contribution in [3.8, 4) is 0 Å². The number of fused-ring (bicyclic) bond motifs is 1. The van der Waals surface area contributed by atoms with Gasteiger partial charge in [0.25, 0.3) is 0 Å². The molecule has 0 saturated heterocycles. The van der Waals surface area contributed by atoms with Crippen LogP contribution < -0.4 is 0 Å². The third kappa shape index (κ3) is 1.66. The highest BCUT2D eigenvalue weighted by Gasteiger charge is 2.26. The van der Waals surface area contributed by atoms with Gasteiger partial charge in [-0.1, -0.05) is 20.8 Å². The number of aromatic nitrogens is 2. The molecule has 2 heterocycles. The first-order chi connectivity index (χ1) is 7.21. The molecule has 88 valence electrons. The van der Waals surface area contributed by atoms with E-state index in [2.05, 4.69) is 63.2 Å². The molecule has 0 fully saturated rings. The van der Waals surface area contributed by atoms with Crippen LogP contribution in [0, 0.1) is 0 Å². The normalized spacial score (nSPS) is 13.6. The number of H-pyrrole nitrogens is 1. The van der Waals surface area contributed by atoms with E-state index in [-0.39, 0.29) is 11.0 Å². The molecule has 0 atom stereocenters. The summed E-state index contributed by atoms with van der Waals surface area (Å²) in [4.78, 5) is 3.30. The maximum absolute atomic E-state index is 3.30. The standard InChI is InChI=1S/C14H22N2/c1-13(2,3)12-9-10-11(7-8-15-10)16(12)14(4,5)6/h7-9,15H,1-6H3. The molecule has 0 aliphatic carbocycles. The minimum Gasteiger partial charge on any atom is -0.360 e. The summed E-state index contributed by atoms with van der Waals surface area (Å²) in [5, 5.41) is 0. The third-order valence-electron chi connectivity index (χ3n) is 2.96. The van der Waals surface area contributed by atoms with Gasteiger partial charge in [-0.15, -0.1) is 0 Å². The highest BCUT2D eigenvalue weighted by molar-refractivity contribution is 5.78. The average molecular weight is 218 g/mol. The highest BCUT2D eigenvalue weighted by Crippen LogP contribution is 2.33. The van der Waals surface area contributed by atoms with Crippen molar-refractivity contribution in [2.45, 2.75) is 52.5 Å². The van der Waals surface area contributed by atoms with Crippen LogP contribution in [0.5, 0.6) is 0 Å². The Morgan fingerprint density at radius 2 is 1.69 bits per heavy atom. The summed E-state index contributed by atoms with van der Waals surface area (Å²) in [7, 11) is 0. The molecule has 0 bridgehead atoms. The van der Waals surface area contributed by atoms with Gasteiger partial charge in [-0.05, 0) is 32.9 Å². The van der Waals surface area contributed by atoms with E-state index in [0.717, 1.165) is 0 Å². The number of nitrogens with one attached hydrogen (secondary N) is 1. The van der Waals surface area contributed by atoms with Crippen LogP contribution in [0.25, 0.3) is 11.0 Å². The number of aromatic amines is 1. The first kappa shape index (κ1) is 11.3. The van der Waals surface area contributed by atoms with E-state index >= 15 is 0 Å². The van der Waals surface area contributed by atoms with Gasteiger partial charge in [0.05, 0.1) is 11.0 Å². The quantitative estimate of drug-likeness (QED) is 0.689. The number of hydrogen-bond donors (Lipinski definition) is 1. The fraction of sp³-hybridized carbons (Fsp3) is 0.571. The second kappa shape index (κ2) is 3.16. The molecule has 2 nitrogen and oxygen atoms in total. The minimum absolute atomic E-state index is 0.118. The molecule has 0 spiro atoms. The monoisotopic (exact) mass is 218 g/mol. The Hall–Kier alpha value is -1.18. The Bertz CT molecular complexity index is 501. The van der Waals surface area contributed by atoms with E-state index in [9.17, 15) is 0 Å². The molecule has 0 unspecified atom stereocenters. The van der Waals surface area contributed by atoms with Gasteiger partial charge >= 0.3 is 0 Å². The van der Waals surface area contributed by atoms with Crippen LogP contribution in [0.1, 0.15) is 47.2 Å². The second-order valence-electron chi connectivity index (χ2n) is 6.56. The minimum atomic E-state index is 0.118. The average Bonchev–Trinajstić information content (AvgIpc) is 2.53. The molecular weight excluding hydrogens is 196 g/mol. The molecule has 0 saturated carbocycles. The molecule has 1 N–H and O–H groups in total. The molecule has 0 aliphatic rings. The maximum atomic E-state index is 3.30. The van der Waals surface area contributed by atoms with Gasteiger partial charge in [0.2, 0.25) is 0 Å². The van der Waals surface area contributed by atoms with Crippen molar-refractivity contribution < 1.29 is 0 Å². The second-order valence-corrected chi connectivity index (χ2v) is 6.56. The maximum Gasteiger partial charge on any atom is 0.0667 e. The Kier molecular flexibility index (Phi) is 2.23. The molecule has 2 aromatic heterocycles. The van der Waals surface area contributed by atoms with E-state index in [1.165, 1.54) is 16.7 Å². The van der Waals surface area contributed by atoms with Gasteiger partial charge in [-0.3, -0.25) is 0 Å². The SMILES string of the molecule is CC(C)(C)c1cc2[nH]ccc2n1C(C)(C)C. The number of rotatable bonds is 0.